The number of nitrogens with one attached hydrogen (secondary N) is 1. The molecule has 4 aromatic rings. The first kappa shape index (κ1) is 28.5. The number of likely N-dealkylation sites (N-methyl/N-ethyl adjacent to an activating group) is 1. The Balaban J connectivity index is 1.40. The van der Waals surface area contributed by atoms with E-state index in [-0.39, 0.29) is 23.7 Å². The topological polar surface area (TPSA) is 122 Å². The first-order valence-corrected chi connectivity index (χ1v) is 12.8. The number of anilines is 1. The van der Waals surface area contributed by atoms with E-state index in [4.69, 9.17) is 33.0 Å². The highest BCUT2D eigenvalue weighted by Crippen LogP contribution is 2.35. The van der Waals surface area contributed by atoms with Gasteiger partial charge in [0.05, 0.1) is 34.0 Å². The Morgan fingerprint density at radius 2 is 1.82 bits per heavy atom. The zero-order chi connectivity index (χ0) is 28.8. The normalized spacial score (nSPS) is 11.0. The van der Waals surface area contributed by atoms with Crippen LogP contribution >= 0.6 is 23.2 Å². The molecule has 0 fully saturated rings. The van der Waals surface area contributed by atoms with Gasteiger partial charge in [0, 0.05) is 29.9 Å². The summed E-state index contributed by atoms with van der Waals surface area (Å²) in [5.74, 6) is -1.42. The molecule has 0 saturated heterocycles. The highest BCUT2D eigenvalue weighted by Gasteiger charge is 2.19. The summed E-state index contributed by atoms with van der Waals surface area (Å²) >= 11 is 13.1. The minimum atomic E-state index is -1.04. The number of halogens is 2. The third-order valence-electron chi connectivity index (χ3n) is 5.93. The highest BCUT2D eigenvalue weighted by atomic mass is 35.5. The highest BCUT2D eigenvalue weighted by molar-refractivity contribution is 6.38. The van der Waals surface area contributed by atoms with Crippen molar-refractivity contribution in [2.75, 3.05) is 18.5 Å². The maximum Gasteiger partial charge on any atom is 0.335 e. The number of aryl methyl sites for hydroxylation is 1. The van der Waals surface area contributed by atoms with Gasteiger partial charge in [-0.2, -0.15) is 0 Å². The van der Waals surface area contributed by atoms with Crippen LogP contribution < -0.4 is 15.0 Å². The van der Waals surface area contributed by atoms with Gasteiger partial charge in [-0.3, -0.25) is 14.6 Å². The number of ether oxygens (including phenoxy) is 1. The second-order valence-corrected chi connectivity index (χ2v) is 9.50. The lowest BCUT2D eigenvalue weighted by molar-refractivity contribution is -0.122. The summed E-state index contributed by atoms with van der Waals surface area (Å²) in [6, 6.07) is 14.7. The lowest BCUT2D eigenvalue weighted by Crippen LogP contribution is -2.37. The van der Waals surface area contributed by atoms with Crippen LogP contribution in [0.15, 0.2) is 66.9 Å². The van der Waals surface area contributed by atoms with E-state index in [1.54, 1.807) is 36.5 Å². The number of nitrogens with zero attached hydrogens (tertiary/aromatic N) is 3. The molecule has 2 N–H and O–H groups in total. The van der Waals surface area contributed by atoms with Crippen molar-refractivity contribution in [3.05, 3.63) is 99.3 Å². The average molecular weight is 579 g/mol. The molecule has 0 radical (unpaired) electrons. The summed E-state index contributed by atoms with van der Waals surface area (Å²) in [4.78, 5) is 46.2. The molecule has 0 aliphatic rings. The van der Waals surface area contributed by atoms with Gasteiger partial charge in [0.2, 0.25) is 11.8 Å². The molecular weight excluding hydrogens is 555 g/mol. The van der Waals surface area contributed by atoms with Gasteiger partial charge < -0.3 is 20.1 Å². The first-order chi connectivity index (χ1) is 19.1. The fourth-order valence-electron chi connectivity index (χ4n) is 3.72. The number of benzene rings is 3. The Labute approximate surface area is 240 Å². The molecule has 11 heteroatoms. The van der Waals surface area contributed by atoms with Crippen LogP contribution in [-0.4, -0.2) is 46.5 Å². The van der Waals surface area contributed by atoms with Gasteiger partial charge in [0.15, 0.2) is 0 Å². The molecule has 1 aromatic heterocycles. The number of carbonyl (C=O) groups excluding carboxylic acids is 2. The Morgan fingerprint density at radius 3 is 2.55 bits per heavy atom. The molecule has 0 atom stereocenters. The zero-order valence-electron chi connectivity index (χ0n) is 21.5. The SMILES string of the molecule is Cc1cnc2cccc(OCc3c(Cl)ccc(N(C)C(=O)CNC(=O)/C=C/c4ccc(C(=O)O)cc4)c3Cl)c2n1. The standard InChI is InChI=1S/C29H24Cl2N4O5/c1-17-14-32-22-4-3-5-24(28(22)34-17)40-16-20-21(30)11-12-23(27(20)31)35(2)26(37)15-33-25(36)13-8-18-6-9-19(10-7-18)29(38)39/h3-14H,15-16H2,1-2H3,(H,33,36)(H,38,39)/b13-8+. The van der Waals surface area contributed by atoms with Crippen LogP contribution in [-0.2, 0) is 16.2 Å². The Hall–Kier alpha value is -4.47. The summed E-state index contributed by atoms with van der Waals surface area (Å²) in [5, 5.41) is 12.1. The van der Waals surface area contributed by atoms with Gasteiger partial charge in [-0.05, 0) is 55.0 Å². The van der Waals surface area contributed by atoms with Crippen LogP contribution in [0.2, 0.25) is 10.0 Å². The van der Waals surface area contributed by atoms with E-state index >= 15 is 0 Å². The molecule has 204 valence electrons. The van der Waals surface area contributed by atoms with Gasteiger partial charge in [-0.25, -0.2) is 9.78 Å². The van der Waals surface area contributed by atoms with E-state index in [1.807, 2.05) is 19.1 Å². The van der Waals surface area contributed by atoms with E-state index in [0.717, 1.165) is 5.69 Å². The van der Waals surface area contributed by atoms with E-state index in [0.29, 0.717) is 38.6 Å². The van der Waals surface area contributed by atoms with Gasteiger partial charge in [0.1, 0.15) is 17.9 Å². The summed E-state index contributed by atoms with van der Waals surface area (Å²) in [7, 11) is 1.54. The number of fused-ring (bicyclic) bond motifs is 1. The van der Waals surface area contributed by atoms with Gasteiger partial charge >= 0.3 is 5.97 Å². The number of carboxylic acids is 1. The minimum absolute atomic E-state index is 0.0250. The molecule has 0 bridgehead atoms. The molecule has 40 heavy (non-hydrogen) atoms. The lowest BCUT2D eigenvalue weighted by atomic mass is 10.1. The number of hydrogen-bond acceptors (Lipinski definition) is 6. The second-order valence-electron chi connectivity index (χ2n) is 8.71. The molecule has 0 saturated carbocycles. The average Bonchev–Trinajstić information content (AvgIpc) is 2.94. The van der Waals surface area contributed by atoms with Crippen molar-refractivity contribution in [2.24, 2.45) is 0 Å². The van der Waals surface area contributed by atoms with E-state index in [9.17, 15) is 14.4 Å². The van der Waals surface area contributed by atoms with Crippen molar-refractivity contribution in [1.82, 2.24) is 15.3 Å². The van der Waals surface area contributed by atoms with Crippen molar-refractivity contribution in [3.63, 3.8) is 0 Å². The zero-order valence-corrected chi connectivity index (χ0v) is 23.0. The van der Waals surface area contributed by atoms with Crippen LogP contribution in [0.5, 0.6) is 5.75 Å². The van der Waals surface area contributed by atoms with Crippen LogP contribution in [0.4, 0.5) is 5.69 Å². The molecule has 9 nitrogen and oxygen atoms in total. The molecule has 0 spiro atoms. The van der Waals surface area contributed by atoms with Gasteiger partial charge in [0.25, 0.3) is 0 Å². The van der Waals surface area contributed by atoms with Crippen molar-refractivity contribution in [3.8, 4) is 5.75 Å². The fraction of sp³-hybridized carbons (Fsp3) is 0.138. The number of hydrogen-bond donors (Lipinski definition) is 2. The number of carboxylic acid groups (broad SMARTS) is 1. The monoisotopic (exact) mass is 578 g/mol. The summed E-state index contributed by atoms with van der Waals surface area (Å²) < 4.78 is 6.01. The van der Waals surface area contributed by atoms with E-state index in [2.05, 4.69) is 15.3 Å². The Morgan fingerprint density at radius 1 is 1.07 bits per heavy atom. The molecule has 0 aliphatic carbocycles. The van der Waals surface area contributed by atoms with E-state index in [1.165, 1.54) is 36.2 Å². The Kier molecular flexibility index (Phi) is 8.98. The Bertz CT molecular complexity index is 1620. The number of para-hydroxylation sites is 1. The summed E-state index contributed by atoms with van der Waals surface area (Å²) in [6.45, 7) is 1.58. The molecule has 2 amide bonds. The van der Waals surface area contributed by atoms with E-state index < -0.39 is 17.8 Å². The predicted molar refractivity (Wildman–Crippen MR) is 154 cm³/mol. The molecule has 4 rings (SSSR count). The van der Waals surface area contributed by atoms with Crippen molar-refractivity contribution < 1.29 is 24.2 Å². The second kappa shape index (κ2) is 12.6. The number of carbonyl (C=O) groups is 3. The maximum absolute atomic E-state index is 12.8. The molecule has 3 aromatic carbocycles. The van der Waals surface area contributed by atoms with Crippen LogP contribution in [0.3, 0.4) is 0 Å². The fourth-order valence-corrected chi connectivity index (χ4v) is 4.33. The largest absolute Gasteiger partial charge is 0.486 e. The number of aromatic nitrogens is 2. The van der Waals surface area contributed by atoms with Crippen LogP contribution in [0.1, 0.15) is 27.2 Å². The lowest BCUT2D eigenvalue weighted by Gasteiger charge is -2.21. The molecule has 0 unspecified atom stereocenters. The molecular formula is C29H24Cl2N4O5. The van der Waals surface area contributed by atoms with Crippen molar-refractivity contribution >= 4 is 63.8 Å². The number of amides is 2. The van der Waals surface area contributed by atoms with Crippen molar-refractivity contribution in [1.29, 1.82) is 0 Å². The number of rotatable bonds is 9. The van der Waals surface area contributed by atoms with Gasteiger partial charge in [-0.1, -0.05) is 41.4 Å². The molecule has 0 aliphatic heterocycles. The van der Waals surface area contributed by atoms with Crippen molar-refractivity contribution in [2.45, 2.75) is 13.5 Å². The smallest absolute Gasteiger partial charge is 0.335 e. The summed E-state index contributed by atoms with van der Waals surface area (Å²) in [5.41, 5.74) is 3.71. The van der Waals surface area contributed by atoms with Crippen LogP contribution in [0, 0.1) is 6.92 Å². The first-order valence-electron chi connectivity index (χ1n) is 12.0. The summed E-state index contributed by atoms with van der Waals surface area (Å²) in [6.07, 6.45) is 4.45. The third kappa shape index (κ3) is 6.74. The minimum Gasteiger partial charge on any atom is -0.486 e. The molecule has 1 heterocycles. The predicted octanol–water partition coefficient (Wildman–Crippen LogP) is 5.31. The van der Waals surface area contributed by atoms with Crippen LogP contribution in [0.25, 0.3) is 17.1 Å². The third-order valence-corrected chi connectivity index (χ3v) is 6.70. The maximum atomic E-state index is 12.8. The number of aromatic carboxylic acids is 1. The van der Waals surface area contributed by atoms with Gasteiger partial charge in [-0.15, -0.1) is 0 Å². The quantitative estimate of drug-likeness (QED) is 0.258.